The van der Waals surface area contributed by atoms with Crippen LogP contribution in [0.15, 0.2) is 36.4 Å². The Bertz CT molecular complexity index is 1510. The first-order valence-corrected chi connectivity index (χ1v) is 16.8. The molecule has 0 radical (unpaired) electrons. The van der Waals surface area contributed by atoms with Crippen LogP contribution in [0.4, 0.5) is 5.69 Å². The van der Waals surface area contributed by atoms with Crippen molar-refractivity contribution < 1.29 is 22.7 Å². The van der Waals surface area contributed by atoms with Crippen molar-refractivity contribution in [2.75, 3.05) is 24.6 Å². The second kappa shape index (κ2) is 10.2. The van der Waals surface area contributed by atoms with Crippen LogP contribution in [0.5, 0.6) is 5.75 Å². The van der Waals surface area contributed by atoms with Crippen molar-refractivity contribution in [3.8, 4) is 5.75 Å². The van der Waals surface area contributed by atoms with Gasteiger partial charge in [0, 0.05) is 41.6 Å². The van der Waals surface area contributed by atoms with Crippen LogP contribution in [0, 0.1) is 11.8 Å². The van der Waals surface area contributed by atoms with Gasteiger partial charge in [-0.2, -0.15) is 0 Å². The van der Waals surface area contributed by atoms with E-state index in [1.54, 1.807) is 12.1 Å². The number of carbonyl (C=O) groups excluding carboxylic acids is 2. The third-order valence-electron chi connectivity index (χ3n) is 10.2. The van der Waals surface area contributed by atoms with Gasteiger partial charge >= 0.3 is 0 Å². The maximum absolute atomic E-state index is 13.3. The molecule has 8 nitrogen and oxygen atoms in total. The Balaban J connectivity index is 1.27. The topological polar surface area (TPSA) is 105 Å². The predicted octanol–water partition coefficient (Wildman–Crippen LogP) is 4.34. The van der Waals surface area contributed by atoms with E-state index >= 15 is 0 Å². The number of hydrogen-bond acceptors (Lipinski definition) is 6. The molecule has 1 spiro atoms. The third kappa shape index (κ3) is 4.99. The molecule has 0 aromatic heterocycles. The number of anilines is 1. The van der Waals surface area contributed by atoms with Crippen LogP contribution in [-0.4, -0.2) is 51.2 Å². The third-order valence-corrected chi connectivity index (χ3v) is 12.2. The molecule has 3 aliphatic heterocycles. The summed E-state index contributed by atoms with van der Waals surface area (Å²) in [7, 11) is -3.86. The fraction of sp³-hybridized carbons (Fsp3) is 0.548. The van der Waals surface area contributed by atoms with Gasteiger partial charge in [0.2, 0.25) is 15.9 Å². The number of benzene rings is 2. The first kappa shape index (κ1) is 27.1. The van der Waals surface area contributed by atoms with Gasteiger partial charge in [-0.05, 0) is 105 Å². The summed E-state index contributed by atoms with van der Waals surface area (Å²) in [6.45, 7) is 2.04. The van der Waals surface area contributed by atoms with E-state index in [0.717, 1.165) is 62.3 Å². The summed E-state index contributed by atoms with van der Waals surface area (Å²) in [5.74, 6) is 0.942. The average molecular weight is 598 g/mol. The van der Waals surface area contributed by atoms with Crippen molar-refractivity contribution in [1.29, 1.82) is 0 Å². The van der Waals surface area contributed by atoms with E-state index in [1.165, 1.54) is 11.1 Å². The number of ether oxygens (including phenoxy) is 1. The van der Waals surface area contributed by atoms with Crippen LogP contribution in [0.3, 0.4) is 0 Å². The van der Waals surface area contributed by atoms with E-state index in [-0.39, 0.29) is 17.4 Å². The van der Waals surface area contributed by atoms with Gasteiger partial charge in [-0.25, -0.2) is 13.1 Å². The minimum Gasteiger partial charge on any atom is -0.490 e. The molecule has 0 saturated heterocycles. The van der Waals surface area contributed by atoms with Gasteiger partial charge in [0.15, 0.2) is 0 Å². The first-order valence-electron chi connectivity index (χ1n) is 14.9. The Kier molecular flexibility index (Phi) is 6.73. The molecule has 4 bridgehead atoms. The lowest BCUT2D eigenvalue weighted by atomic mass is 9.69. The lowest BCUT2D eigenvalue weighted by molar-refractivity contribution is -0.122. The fourth-order valence-electron chi connectivity index (χ4n) is 7.62. The number of amides is 2. The Morgan fingerprint density at radius 2 is 1.83 bits per heavy atom. The van der Waals surface area contributed by atoms with Crippen molar-refractivity contribution in [3.63, 3.8) is 0 Å². The van der Waals surface area contributed by atoms with Gasteiger partial charge < -0.3 is 15.0 Å². The molecule has 218 valence electrons. The minimum atomic E-state index is -3.86. The number of nitrogens with zero attached hydrogens (tertiary/aromatic N) is 1. The molecular formula is C31H36ClN3O5S. The lowest BCUT2D eigenvalue weighted by Gasteiger charge is -2.44. The van der Waals surface area contributed by atoms with E-state index in [9.17, 15) is 18.0 Å². The smallest absolute Gasteiger partial charge is 0.264 e. The van der Waals surface area contributed by atoms with Crippen LogP contribution < -0.4 is 19.7 Å². The highest BCUT2D eigenvalue weighted by atomic mass is 35.5. The molecule has 2 N–H and O–H groups in total. The Labute approximate surface area is 246 Å². The summed E-state index contributed by atoms with van der Waals surface area (Å²) in [5.41, 5.74) is 3.42. The number of nitrogens with one attached hydrogen (secondary N) is 2. The number of aryl methyl sites for hydroxylation is 1. The number of fused-ring (bicyclic) bond motifs is 7. The molecule has 41 heavy (non-hydrogen) atoms. The zero-order valence-electron chi connectivity index (χ0n) is 23.0. The molecule has 3 heterocycles. The normalized spacial score (nSPS) is 32.5. The molecule has 6 aliphatic rings. The van der Waals surface area contributed by atoms with Gasteiger partial charge in [-0.1, -0.05) is 17.7 Å². The summed E-state index contributed by atoms with van der Waals surface area (Å²) in [5, 5.41) is 3.05. The van der Waals surface area contributed by atoms with E-state index in [1.807, 2.05) is 12.1 Å². The number of halogens is 1. The summed E-state index contributed by atoms with van der Waals surface area (Å²) in [4.78, 5) is 28.3. The summed E-state index contributed by atoms with van der Waals surface area (Å²) in [6.07, 6.45) is 7.13. The van der Waals surface area contributed by atoms with Crippen LogP contribution in [0.25, 0.3) is 0 Å². The van der Waals surface area contributed by atoms with Crippen LogP contribution in [0.1, 0.15) is 72.9 Å². The zero-order valence-corrected chi connectivity index (χ0v) is 24.6. The molecule has 3 aliphatic carbocycles. The highest BCUT2D eigenvalue weighted by Crippen LogP contribution is 2.47. The SMILES string of the molecule is O=C1CC[C@@H]2CC[C@H]2CN2C[C@@]3(CCCc4cc(Cl)ccc43)COc3ccc(cc32)C(=O)NS(=O)(=O)C2CC(C2)N1. The van der Waals surface area contributed by atoms with Gasteiger partial charge in [0.25, 0.3) is 5.91 Å². The largest absolute Gasteiger partial charge is 0.490 e. The first-order chi connectivity index (χ1) is 19.7. The Morgan fingerprint density at radius 1 is 1.00 bits per heavy atom. The number of hydrogen-bond donors (Lipinski definition) is 2. The van der Waals surface area contributed by atoms with Crippen molar-refractivity contribution in [3.05, 3.63) is 58.1 Å². The second-order valence-corrected chi connectivity index (χ2v) is 15.2. The molecular weight excluding hydrogens is 562 g/mol. The van der Waals surface area contributed by atoms with Gasteiger partial charge in [-0.15, -0.1) is 0 Å². The van der Waals surface area contributed by atoms with E-state index in [4.69, 9.17) is 16.3 Å². The van der Waals surface area contributed by atoms with Crippen molar-refractivity contribution >= 4 is 39.1 Å². The molecule has 2 aromatic rings. The van der Waals surface area contributed by atoms with Crippen LogP contribution in [-0.2, 0) is 26.7 Å². The summed E-state index contributed by atoms with van der Waals surface area (Å²) in [6, 6.07) is 11.3. The highest BCUT2D eigenvalue weighted by molar-refractivity contribution is 7.90. The molecule has 10 heteroatoms. The molecule has 2 amide bonds. The summed E-state index contributed by atoms with van der Waals surface area (Å²) >= 11 is 6.38. The molecule has 3 atom stereocenters. The van der Waals surface area contributed by atoms with Gasteiger partial charge in [0.1, 0.15) is 5.75 Å². The van der Waals surface area contributed by atoms with E-state index < -0.39 is 21.2 Å². The monoisotopic (exact) mass is 597 g/mol. The van der Waals surface area contributed by atoms with Crippen molar-refractivity contribution in [2.45, 2.75) is 74.5 Å². The molecule has 8 rings (SSSR count). The molecule has 0 unspecified atom stereocenters. The van der Waals surface area contributed by atoms with Gasteiger partial charge in [0.05, 0.1) is 17.5 Å². The quantitative estimate of drug-likeness (QED) is 0.468. The number of rotatable bonds is 0. The predicted molar refractivity (Wildman–Crippen MR) is 157 cm³/mol. The van der Waals surface area contributed by atoms with E-state index in [0.29, 0.717) is 49.0 Å². The second-order valence-electron chi connectivity index (χ2n) is 12.8. The lowest BCUT2D eigenvalue weighted by Crippen LogP contribution is -2.53. The maximum Gasteiger partial charge on any atom is 0.264 e. The van der Waals surface area contributed by atoms with Crippen LogP contribution >= 0.6 is 11.6 Å². The Hall–Kier alpha value is -2.78. The van der Waals surface area contributed by atoms with E-state index in [2.05, 4.69) is 27.1 Å². The number of sulfonamides is 1. The summed E-state index contributed by atoms with van der Waals surface area (Å²) < 4.78 is 34.8. The average Bonchev–Trinajstić information content (AvgIpc) is 3.04. The zero-order chi connectivity index (χ0) is 28.4. The van der Waals surface area contributed by atoms with Crippen LogP contribution in [0.2, 0.25) is 5.02 Å². The molecule has 2 fully saturated rings. The fourth-order valence-corrected chi connectivity index (χ4v) is 9.33. The van der Waals surface area contributed by atoms with Gasteiger partial charge in [-0.3, -0.25) is 9.59 Å². The Morgan fingerprint density at radius 3 is 2.63 bits per heavy atom. The van der Waals surface area contributed by atoms with Crippen molar-refractivity contribution in [1.82, 2.24) is 10.0 Å². The highest BCUT2D eigenvalue weighted by Gasteiger charge is 2.44. The minimum absolute atomic E-state index is 0.0154. The van der Waals surface area contributed by atoms with Crippen molar-refractivity contribution in [2.24, 2.45) is 11.8 Å². The standard InChI is InChI=1S/C31H36ClN3O5S/c32-23-7-8-26-20(12-23)2-1-11-31(26)17-35-16-22-4-3-19(22)6-10-29(36)33-24-14-25(15-24)41(38,39)34-30(37)21-5-9-28(40-18-31)27(35)13-21/h5,7-9,12-13,19,22,24-25H,1-4,6,10-11,14-18H2,(H,33,36)(H,34,37)/t19-,22-,24?,25?,31-/m0/s1. The maximum atomic E-state index is 13.3. The molecule has 2 saturated carbocycles. The molecule has 2 aromatic carbocycles. The number of carbonyl (C=O) groups is 2.